The monoisotopic (exact) mass is 545 g/mol. The molecule has 0 fully saturated rings. The Morgan fingerprint density at radius 3 is 2.47 bits per heavy atom. The van der Waals surface area contributed by atoms with Crippen LogP contribution < -0.4 is 15.0 Å². The molecule has 0 aliphatic carbocycles. The molecule has 0 spiro atoms. The molecule has 1 unspecified atom stereocenters. The number of ether oxygens (including phenoxy) is 2. The van der Waals surface area contributed by atoms with Gasteiger partial charge in [0.25, 0.3) is 5.56 Å². The molecule has 38 heavy (non-hydrogen) atoms. The number of alkyl halides is 2. The molecule has 0 saturated heterocycles. The van der Waals surface area contributed by atoms with Gasteiger partial charge < -0.3 is 23.5 Å². The van der Waals surface area contributed by atoms with Gasteiger partial charge in [-0.1, -0.05) is 24.6 Å². The first kappa shape index (κ1) is 26.8. The first-order chi connectivity index (χ1) is 18.1. The lowest BCUT2D eigenvalue weighted by atomic mass is 10.0. The number of aromatic carboxylic acids is 1. The first-order valence-corrected chi connectivity index (χ1v) is 11.8. The molecule has 3 aromatic heterocycles. The van der Waals surface area contributed by atoms with Crippen molar-refractivity contribution in [2.45, 2.75) is 32.4 Å². The van der Waals surface area contributed by atoms with E-state index in [9.17, 15) is 23.2 Å². The van der Waals surface area contributed by atoms with Crippen molar-refractivity contribution in [1.82, 2.24) is 14.0 Å². The van der Waals surface area contributed by atoms with Gasteiger partial charge >= 0.3 is 12.6 Å². The van der Waals surface area contributed by atoms with E-state index in [2.05, 4.69) is 9.72 Å². The Hall–Kier alpha value is -4.25. The molecule has 4 aromatic rings. The fourth-order valence-corrected chi connectivity index (χ4v) is 4.37. The molecular formula is C26H22ClF2N3O6. The van der Waals surface area contributed by atoms with E-state index in [4.69, 9.17) is 21.4 Å². The summed E-state index contributed by atoms with van der Waals surface area (Å²) in [7, 11) is 1.35. The zero-order chi connectivity index (χ0) is 27.6. The number of hydrogen-bond donors (Lipinski definition) is 1. The van der Waals surface area contributed by atoms with E-state index in [1.165, 1.54) is 52.7 Å². The van der Waals surface area contributed by atoms with Crippen LogP contribution in [0.3, 0.4) is 0 Å². The zero-order valence-corrected chi connectivity index (χ0v) is 21.0. The topological polar surface area (TPSA) is 112 Å². The van der Waals surface area contributed by atoms with Gasteiger partial charge in [0.15, 0.2) is 11.5 Å². The Bertz CT molecular complexity index is 1580. The number of methoxy groups -OCH3 is 1. The molecule has 198 valence electrons. The number of Topliss-reactive ketones (excluding diaryl/α,β-unsaturated/α-hetero) is 1. The third-order valence-electron chi connectivity index (χ3n) is 5.92. The molecule has 0 amide bonds. The number of ketones is 1. The SMILES string of the molecule is CCC(C(=O)Cc1ccc2nc(C(=O)O)cn2c1)n1cc(OC)c(-c2cc(Cl)ccc2OC(F)F)cc1=O. The van der Waals surface area contributed by atoms with Gasteiger partial charge in [0.1, 0.15) is 17.1 Å². The van der Waals surface area contributed by atoms with Gasteiger partial charge in [0, 0.05) is 41.0 Å². The van der Waals surface area contributed by atoms with E-state index in [1.54, 1.807) is 25.3 Å². The van der Waals surface area contributed by atoms with Crippen LogP contribution in [0.4, 0.5) is 8.78 Å². The summed E-state index contributed by atoms with van der Waals surface area (Å²) in [6.07, 6.45) is 4.56. The van der Waals surface area contributed by atoms with E-state index in [1.807, 2.05) is 0 Å². The Morgan fingerprint density at radius 1 is 1.08 bits per heavy atom. The van der Waals surface area contributed by atoms with Crippen molar-refractivity contribution in [2.75, 3.05) is 7.11 Å². The molecule has 12 heteroatoms. The highest BCUT2D eigenvalue weighted by Crippen LogP contribution is 2.38. The maximum atomic E-state index is 13.3. The molecule has 0 aliphatic heterocycles. The third kappa shape index (κ3) is 5.52. The number of nitrogens with zero attached hydrogens (tertiary/aromatic N) is 3. The number of fused-ring (bicyclic) bond motifs is 1. The molecule has 1 atom stereocenters. The summed E-state index contributed by atoms with van der Waals surface area (Å²) in [5.74, 6) is -1.48. The lowest BCUT2D eigenvalue weighted by Crippen LogP contribution is -2.30. The molecule has 1 aromatic carbocycles. The number of carboxylic acids is 1. The van der Waals surface area contributed by atoms with Crippen LogP contribution in [-0.2, 0) is 11.2 Å². The number of rotatable bonds is 10. The van der Waals surface area contributed by atoms with Crippen LogP contribution in [0.5, 0.6) is 11.5 Å². The van der Waals surface area contributed by atoms with Crippen molar-refractivity contribution in [1.29, 1.82) is 0 Å². The number of imidazole rings is 1. The van der Waals surface area contributed by atoms with E-state index < -0.39 is 24.2 Å². The second-order valence-electron chi connectivity index (χ2n) is 8.32. The van der Waals surface area contributed by atoms with Crippen molar-refractivity contribution in [3.05, 3.63) is 81.6 Å². The standard InChI is InChI=1S/C26H22ClF2N3O6/c1-3-19(20(33)8-14-4-7-23-30-18(25(35)36)12-31(23)11-14)32-13-22(37-2)17(10-24(32)34)16-9-15(27)5-6-21(16)38-26(28)29/h4-7,9-13,19,26H,3,8H2,1-2H3,(H,35,36). The fraction of sp³-hybridized carbons (Fsp3) is 0.231. The summed E-state index contributed by atoms with van der Waals surface area (Å²) < 4.78 is 38.7. The van der Waals surface area contributed by atoms with Gasteiger partial charge in [0.05, 0.1) is 19.3 Å². The van der Waals surface area contributed by atoms with Crippen molar-refractivity contribution < 1.29 is 33.0 Å². The second-order valence-corrected chi connectivity index (χ2v) is 8.76. The number of pyridine rings is 2. The van der Waals surface area contributed by atoms with Crippen LogP contribution in [0.2, 0.25) is 5.02 Å². The molecular weight excluding hydrogens is 524 g/mol. The van der Waals surface area contributed by atoms with Gasteiger partial charge in [-0.15, -0.1) is 0 Å². The minimum atomic E-state index is -3.10. The highest BCUT2D eigenvalue weighted by Gasteiger charge is 2.24. The van der Waals surface area contributed by atoms with Crippen molar-refractivity contribution in [3.8, 4) is 22.6 Å². The molecule has 9 nitrogen and oxygen atoms in total. The summed E-state index contributed by atoms with van der Waals surface area (Å²) in [6, 6.07) is 7.62. The highest BCUT2D eigenvalue weighted by molar-refractivity contribution is 6.31. The van der Waals surface area contributed by atoms with E-state index in [-0.39, 0.29) is 52.0 Å². The average Bonchev–Trinajstić information content (AvgIpc) is 3.30. The summed E-state index contributed by atoms with van der Waals surface area (Å²) in [5, 5.41) is 9.38. The molecule has 0 aliphatic rings. The lowest BCUT2D eigenvalue weighted by molar-refractivity contribution is -0.121. The number of hydrogen-bond acceptors (Lipinski definition) is 6. The number of halogens is 3. The van der Waals surface area contributed by atoms with E-state index in [0.717, 1.165) is 0 Å². The summed E-state index contributed by atoms with van der Waals surface area (Å²) in [4.78, 5) is 41.6. The number of carboxylic acid groups (broad SMARTS) is 1. The summed E-state index contributed by atoms with van der Waals surface area (Å²) >= 11 is 6.07. The van der Waals surface area contributed by atoms with Gasteiger partial charge in [-0.05, 0) is 36.2 Å². The molecule has 3 heterocycles. The number of carbonyl (C=O) groups is 2. The van der Waals surface area contributed by atoms with Crippen molar-refractivity contribution >= 4 is 29.0 Å². The highest BCUT2D eigenvalue weighted by atomic mass is 35.5. The maximum Gasteiger partial charge on any atom is 0.387 e. The Morgan fingerprint density at radius 2 is 1.82 bits per heavy atom. The van der Waals surface area contributed by atoms with Crippen molar-refractivity contribution in [2.24, 2.45) is 0 Å². The largest absolute Gasteiger partial charge is 0.495 e. The van der Waals surface area contributed by atoms with Gasteiger partial charge in [-0.3, -0.25) is 9.59 Å². The first-order valence-electron chi connectivity index (χ1n) is 11.4. The minimum absolute atomic E-state index is 0.0355. The quantitative estimate of drug-likeness (QED) is 0.302. The molecule has 4 rings (SSSR count). The van der Waals surface area contributed by atoms with E-state index >= 15 is 0 Å². The van der Waals surface area contributed by atoms with Crippen LogP contribution in [0.15, 0.2) is 59.8 Å². The number of carbonyl (C=O) groups excluding carboxylic acids is 1. The van der Waals surface area contributed by atoms with Gasteiger partial charge in [-0.2, -0.15) is 8.78 Å². The average molecular weight is 546 g/mol. The predicted molar refractivity (Wildman–Crippen MR) is 135 cm³/mol. The smallest absolute Gasteiger partial charge is 0.387 e. The predicted octanol–water partition coefficient (Wildman–Crippen LogP) is 4.89. The van der Waals surface area contributed by atoms with Gasteiger partial charge in [0.2, 0.25) is 0 Å². The summed E-state index contributed by atoms with van der Waals surface area (Å²) in [6.45, 7) is -1.35. The second kappa shape index (κ2) is 11.0. The lowest BCUT2D eigenvalue weighted by Gasteiger charge is -2.20. The maximum absolute atomic E-state index is 13.3. The van der Waals surface area contributed by atoms with Crippen LogP contribution in [0.25, 0.3) is 16.8 Å². The van der Waals surface area contributed by atoms with Crippen LogP contribution >= 0.6 is 11.6 Å². The van der Waals surface area contributed by atoms with Gasteiger partial charge in [-0.25, -0.2) is 9.78 Å². The fourth-order valence-electron chi connectivity index (χ4n) is 4.20. The molecule has 0 bridgehead atoms. The normalized spacial score (nSPS) is 12.1. The molecule has 1 N–H and O–H groups in total. The van der Waals surface area contributed by atoms with Crippen LogP contribution in [0, 0.1) is 0 Å². The Labute approximate surface area is 219 Å². The Balaban J connectivity index is 1.68. The van der Waals surface area contributed by atoms with Crippen LogP contribution in [0.1, 0.15) is 35.4 Å². The van der Waals surface area contributed by atoms with Crippen LogP contribution in [-0.4, -0.2) is 44.5 Å². The minimum Gasteiger partial charge on any atom is -0.495 e. The third-order valence-corrected chi connectivity index (χ3v) is 6.15. The number of aromatic nitrogens is 3. The zero-order valence-electron chi connectivity index (χ0n) is 20.2. The number of benzene rings is 1. The van der Waals surface area contributed by atoms with Crippen molar-refractivity contribution in [3.63, 3.8) is 0 Å². The van der Waals surface area contributed by atoms with E-state index in [0.29, 0.717) is 11.2 Å². The summed E-state index contributed by atoms with van der Waals surface area (Å²) in [5.41, 5.74) is 0.639. The Kier molecular flexibility index (Phi) is 7.77. The molecule has 0 saturated carbocycles. The molecule has 0 radical (unpaired) electrons.